The third-order valence-corrected chi connectivity index (χ3v) is 3.97. The molecule has 1 aromatic carbocycles. The van der Waals surface area contributed by atoms with Crippen LogP contribution in [0.2, 0.25) is 5.02 Å². The smallest absolute Gasteiger partial charge is 0.330 e. The minimum atomic E-state index is -0.486. The zero-order chi connectivity index (χ0) is 16.3. The summed E-state index contributed by atoms with van der Waals surface area (Å²) >= 11 is 5.88. The van der Waals surface area contributed by atoms with Crippen LogP contribution < -0.4 is 4.74 Å². The number of carbonyl (C=O) groups is 1. The summed E-state index contributed by atoms with van der Waals surface area (Å²) in [6, 6.07) is 7.39. The highest BCUT2D eigenvalue weighted by Gasteiger charge is 2.32. The van der Waals surface area contributed by atoms with Gasteiger partial charge < -0.3 is 9.57 Å². The van der Waals surface area contributed by atoms with Gasteiger partial charge in [-0.15, -0.1) is 5.06 Å². The molecule has 0 aromatic heterocycles. The Balaban J connectivity index is 1.87. The molecule has 0 bridgehead atoms. The fourth-order valence-electron chi connectivity index (χ4n) is 2.29. The minimum absolute atomic E-state index is 0.116. The number of hydroxylamine groups is 2. The monoisotopic (exact) mass is 325 g/mol. The van der Waals surface area contributed by atoms with Gasteiger partial charge in [0.1, 0.15) is 11.9 Å². The normalized spacial score (nSPS) is 23.1. The van der Waals surface area contributed by atoms with Gasteiger partial charge in [-0.25, -0.2) is 4.79 Å². The largest absolute Gasteiger partial charge is 0.490 e. The lowest BCUT2D eigenvalue weighted by molar-refractivity contribution is -0.212. The lowest BCUT2D eigenvalue weighted by Gasteiger charge is -2.36. The molecular weight excluding hydrogens is 302 g/mol. The summed E-state index contributed by atoms with van der Waals surface area (Å²) in [4.78, 5) is 17.4. The number of hydrogen-bond acceptors (Lipinski definition) is 4. The summed E-state index contributed by atoms with van der Waals surface area (Å²) in [5, 5.41) is 2.45. The molecule has 0 saturated carbocycles. The second-order valence-electron chi connectivity index (χ2n) is 6.89. The Hall–Kier alpha value is -1.26. The molecule has 1 aromatic rings. The van der Waals surface area contributed by atoms with E-state index in [0.29, 0.717) is 18.1 Å². The van der Waals surface area contributed by atoms with Crippen molar-refractivity contribution in [1.29, 1.82) is 0 Å². The topological polar surface area (TPSA) is 38.8 Å². The average Bonchev–Trinajstić information content (AvgIpc) is 2.43. The Morgan fingerprint density at radius 3 is 2.45 bits per heavy atom. The zero-order valence-electron chi connectivity index (χ0n) is 13.6. The molecule has 0 aliphatic carbocycles. The summed E-state index contributed by atoms with van der Waals surface area (Å²) < 4.78 is 6.02. The number of halogens is 1. The van der Waals surface area contributed by atoms with Crippen LogP contribution in [0.5, 0.6) is 5.75 Å². The second-order valence-corrected chi connectivity index (χ2v) is 7.33. The summed E-state index contributed by atoms with van der Waals surface area (Å²) in [6.45, 7) is 9.04. The number of piperidine rings is 1. The van der Waals surface area contributed by atoms with Crippen molar-refractivity contribution in [2.24, 2.45) is 11.3 Å². The Bertz CT molecular complexity index is 510. The van der Waals surface area contributed by atoms with E-state index < -0.39 is 5.41 Å². The van der Waals surface area contributed by atoms with Crippen molar-refractivity contribution in [2.45, 2.75) is 40.2 Å². The first-order chi connectivity index (χ1) is 10.3. The van der Waals surface area contributed by atoms with Crippen LogP contribution >= 0.6 is 11.6 Å². The van der Waals surface area contributed by atoms with Crippen molar-refractivity contribution in [3.8, 4) is 5.75 Å². The predicted molar refractivity (Wildman–Crippen MR) is 86.8 cm³/mol. The first-order valence-electron chi connectivity index (χ1n) is 7.65. The molecular formula is C17H24ClNO3. The number of rotatable bonds is 3. The Morgan fingerprint density at radius 1 is 1.27 bits per heavy atom. The zero-order valence-corrected chi connectivity index (χ0v) is 14.4. The van der Waals surface area contributed by atoms with E-state index in [4.69, 9.17) is 21.2 Å². The maximum absolute atomic E-state index is 11.9. The van der Waals surface area contributed by atoms with E-state index in [9.17, 15) is 4.79 Å². The Morgan fingerprint density at radius 2 is 1.91 bits per heavy atom. The van der Waals surface area contributed by atoms with Gasteiger partial charge in [0.15, 0.2) is 0 Å². The van der Waals surface area contributed by atoms with Crippen molar-refractivity contribution < 1.29 is 14.4 Å². The standard InChI is InChI=1S/C17H24ClNO3/c1-12-11-19(22-16(20)17(2,3)4)10-9-15(12)21-14-7-5-13(18)6-8-14/h5-8,12,15H,9-11H2,1-4H3. The highest BCUT2D eigenvalue weighted by molar-refractivity contribution is 6.30. The van der Waals surface area contributed by atoms with Gasteiger partial charge in [0.25, 0.3) is 0 Å². The highest BCUT2D eigenvalue weighted by atomic mass is 35.5. The summed E-state index contributed by atoms with van der Waals surface area (Å²) in [6.07, 6.45) is 0.937. The highest BCUT2D eigenvalue weighted by Crippen LogP contribution is 2.25. The van der Waals surface area contributed by atoms with Gasteiger partial charge >= 0.3 is 5.97 Å². The van der Waals surface area contributed by atoms with Crippen LogP contribution in [0.4, 0.5) is 0 Å². The number of ether oxygens (including phenoxy) is 1. The fraction of sp³-hybridized carbons (Fsp3) is 0.588. The van der Waals surface area contributed by atoms with Gasteiger partial charge in [-0.05, 0) is 45.0 Å². The summed E-state index contributed by atoms with van der Waals surface area (Å²) in [7, 11) is 0. The van der Waals surface area contributed by atoms with Gasteiger partial charge in [-0.1, -0.05) is 18.5 Å². The molecule has 1 saturated heterocycles. The van der Waals surface area contributed by atoms with E-state index in [2.05, 4.69) is 6.92 Å². The van der Waals surface area contributed by atoms with Gasteiger partial charge in [-0.3, -0.25) is 0 Å². The fourth-order valence-corrected chi connectivity index (χ4v) is 2.41. The quantitative estimate of drug-likeness (QED) is 0.844. The van der Waals surface area contributed by atoms with E-state index >= 15 is 0 Å². The molecule has 0 radical (unpaired) electrons. The first kappa shape index (κ1) is 17.1. The molecule has 5 heteroatoms. The van der Waals surface area contributed by atoms with Crippen LogP contribution in [0.15, 0.2) is 24.3 Å². The predicted octanol–water partition coefficient (Wildman–Crippen LogP) is 3.93. The molecule has 2 rings (SSSR count). The Kier molecular flexibility index (Phi) is 5.35. The van der Waals surface area contributed by atoms with Gasteiger partial charge in [0, 0.05) is 30.5 Å². The van der Waals surface area contributed by atoms with Gasteiger partial charge in [0.2, 0.25) is 0 Å². The molecule has 1 fully saturated rings. The van der Waals surface area contributed by atoms with E-state index in [1.807, 2.05) is 45.0 Å². The molecule has 0 N–H and O–H groups in total. The van der Waals surface area contributed by atoms with E-state index in [1.54, 1.807) is 5.06 Å². The van der Waals surface area contributed by atoms with Crippen LogP contribution in [-0.2, 0) is 9.63 Å². The minimum Gasteiger partial charge on any atom is -0.490 e. The lowest BCUT2D eigenvalue weighted by atomic mass is 9.97. The van der Waals surface area contributed by atoms with E-state index in [0.717, 1.165) is 12.2 Å². The van der Waals surface area contributed by atoms with Crippen molar-refractivity contribution in [3.63, 3.8) is 0 Å². The third kappa shape index (κ3) is 4.62. The summed E-state index contributed by atoms with van der Waals surface area (Å²) in [5.41, 5.74) is -0.486. The van der Waals surface area contributed by atoms with Crippen molar-refractivity contribution in [1.82, 2.24) is 5.06 Å². The molecule has 4 nitrogen and oxygen atoms in total. The van der Waals surface area contributed by atoms with Gasteiger partial charge in [0.05, 0.1) is 5.41 Å². The molecule has 0 amide bonds. The molecule has 1 heterocycles. The first-order valence-corrected chi connectivity index (χ1v) is 8.03. The van der Waals surface area contributed by atoms with Crippen LogP contribution in [0.1, 0.15) is 34.1 Å². The molecule has 22 heavy (non-hydrogen) atoms. The van der Waals surface area contributed by atoms with Crippen LogP contribution in [0.3, 0.4) is 0 Å². The number of benzene rings is 1. The Labute approximate surface area is 137 Å². The molecule has 2 atom stereocenters. The molecule has 2 unspecified atom stereocenters. The maximum atomic E-state index is 11.9. The number of nitrogens with zero attached hydrogens (tertiary/aromatic N) is 1. The lowest BCUT2D eigenvalue weighted by Crippen LogP contribution is -2.46. The molecule has 1 aliphatic rings. The van der Waals surface area contributed by atoms with E-state index in [1.165, 1.54) is 0 Å². The molecule has 1 aliphatic heterocycles. The van der Waals surface area contributed by atoms with Crippen molar-refractivity contribution in [2.75, 3.05) is 13.1 Å². The van der Waals surface area contributed by atoms with Crippen molar-refractivity contribution >= 4 is 17.6 Å². The number of carbonyl (C=O) groups excluding carboxylic acids is 1. The van der Waals surface area contributed by atoms with Crippen LogP contribution in [0, 0.1) is 11.3 Å². The maximum Gasteiger partial charge on any atom is 0.330 e. The van der Waals surface area contributed by atoms with E-state index in [-0.39, 0.29) is 18.0 Å². The molecule has 0 spiro atoms. The molecule has 122 valence electrons. The number of hydrogen-bond donors (Lipinski definition) is 0. The SMILES string of the molecule is CC1CN(OC(=O)C(C)(C)C)CCC1Oc1ccc(Cl)cc1. The van der Waals surface area contributed by atoms with Crippen LogP contribution in [0.25, 0.3) is 0 Å². The van der Waals surface area contributed by atoms with Gasteiger partial charge in [-0.2, -0.15) is 0 Å². The summed E-state index contributed by atoms with van der Waals surface area (Å²) in [5.74, 6) is 0.898. The van der Waals surface area contributed by atoms with Crippen molar-refractivity contribution in [3.05, 3.63) is 29.3 Å². The second kappa shape index (κ2) is 6.88. The average molecular weight is 326 g/mol. The third-order valence-electron chi connectivity index (χ3n) is 3.71. The van der Waals surface area contributed by atoms with Crippen LogP contribution in [-0.4, -0.2) is 30.2 Å².